The molecule has 90 valence electrons. The smallest absolute Gasteiger partial charge is 0.0661 e. The Hall–Kier alpha value is -0.990. The van der Waals surface area contributed by atoms with Gasteiger partial charge in [-0.05, 0) is 30.9 Å². The van der Waals surface area contributed by atoms with Crippen molar-refractivity contribution >= 4 is 22.5 Å². The van der Waals surface area contributed by atoms with Gasteiger partial charge in [-0.3, -0.25) is 0 Å². The number of fused-ring (bicyclic) bond motifs is 1. The average molecular weight is 249 g/mol. The molecule has 1 aliphatic rings. The first kappa shape index (κ1) is 11.1. The second-order valence-corrected chi connectivity index (χ2v) is 5.28. The van der Waals surface area contributed by atoms with Crippen molar-refractivity contribution in [3.05, 3.63) is 35.0 Å². The molecule has 1 unspecified atom stereocenters. The Balaban J connectivity index is 2.15. The van der Waals surface area contributed by atoms with Gasteiger partial charge < -0.3 is 9.88 Å². The summed E-state index contributed by atoms with van der Waals surface area (Å²) in [6, 6.07) is 6.48. The SMILES string of the molecule is Cn1cc(Cl)c2cccc(C3CCCNC3)c21. The molecule has 17 heavy (non-hydrogen) atoms. The van der Waals surface area contributed by atoms with Gasteiger partial charge in [-0.25, -0.2) is 0 Å². The van der Waals surface area contributed by atoms with Crippen molar-refractivity contribution in [2.45, 2.75) is 18.8 Å². The maximum atomic E-state index is 6.25. The first-order valence-electron chi connectivity index (χ1n) is 6.21. The number of aryl methyl sites for hydroxylation is 1. The van der Waals surface area contributed by atoms with Gasteiger partial charge in [0.05, 0.1) is 10.5 Å². The van der Waals surface area contributed by atoms with E-state index in [1.54, 1.807) is 0 Å². The summed E-state index contributed by atoms with van der Waals surface area (Å²) >= 11 is 6.25. The van der Waals surface area contributed by atoms with Crippen LogP contribution in [0.2, 0.25) is 5.02 Å². The Morgan fingerprint density at radius 1 is 1.41 bits per heavy atom. The molecule has 2 aromatic rings. The van der Waals surface area contributed by atoms with Gasteiger partial charge in [-0.2, -0.15) is 0 Å². The fourth-order valence-corrected chi connectivity index (χ4v) is 3.20. The van der Waals surface area contributed by atoms with E-state index in [1.165, 1.54) is 29.3 Å². The van der Waals surface area contributed by atoms with Crippen LogP contribution in [0.1, 0.15) is 24.3 Å². The molecule has 0 radical (unpaired) electrons. The highest BCUT2D eigenvalue weighted by molar-refractivity contribution is 6.35. The van der Waals surface area contributed by atoms with Gasteiger partial charge in [-0.1, -0.05) is 29.8 Å². The minimum atomic E-state index is 0.622. The van der Waals surface area contributed by atoms with Crippen molar-refractivity contribution in [3.8, 4) is 0 Å². The molecule has 1 N–H and O–H groups in total. The minimum absolute atomic E-state index is 0.622. The Kier molecular flexibility index (Phi) is 2.85. The maximum Gasteiger partial charge on any atom is 0.0661 e. The second kappa shape index (κ2) is 4.35. The van der Waals surface area contributed by atoms with Crippen molar-refractivity contribution in [1.29, 1.82) is 0 Å². The van der Waals surface area contributed by atoms with Crippen LogP contribution in [0.3, 0.4) is 0 Å². The van der Waals surface area contributed by atoms with Crippen LogP contribution >= 0.6 is 11.6 Å². The van der Waals surface area contributed by atoms with Gasteiger partial charge in [0.25, 0.3) is 0 Å². The maximum absolute atomic E-state index is 6.25. The molecule has 0 spiro atoms. The third-order valence-corrected chi connectivity index (χ3v) is 4.02. The molecule has 1 aromatic carbocycles. The molecule has 1 aliphatic heterocycles. The van der Waals surface area contributed by atoms with Crippen LogP contribution in [0.5, 0.6) is 0 Å². The van der Waals surface area contributed by atoms with Crippen LogP contribution in [0, 0.1) is 0 Å². The summed E-state index contributed by atoms with van der Waals surface area (Å²) in [5, 5.41) is 5.51. The van der Waals surface area contributed by atoms with Gasteiger partial charge in [0, 0.05) is 25.2 Å². The molecule has 1 aromatic heterocycles. The number of aromatic nitrogens is 1. The predicted octanol–water partition coefficient (Wildman–Crippen LogP) is 3.30. The minimum Gasteiger partial charge on any atom is -0.349 e. The number of halogens is 1. The Labute approximate surface area is 107 Å². The fraction of sp³-hybridized carbons (Fsp3) is 0.429. The summed E-state index contributed by atoms with van der Waals surface area (Å²) in [7, 11) is 2.08. The molecule has 0 saturated carbocycles. The lowest BCUT2D eigenvalue weighted by Crippen LogP contribution is -2.28. The Bertz CT molecular complexity index is 538. The van der Waals surface area contributed by atoms with Crippen LogP contribution in [0.4, 0.5) is 0 Å². The van der Waals surface area contributed by atoms with Crippen LogP contribution in [-0.4, -0.2) is 17.7 Å². The number of benzene rings is 1. The number of para-hydroxylation sites is 1. The molecule has 0 aliphatic carbocycles. The van der Waals surface area contributed by atoms with E-state index in [4.69, 9.17) is 11.6 Å². The average Bonchev–Trinajstić information content (AvgIpc) is 2.66. The zero-order valence-electron chi connectivity index (χ0n) is 10.0. The molecule has 3 rings (SSSR count). The highest BCUT2D eigenvalue weighted by atomic mass is 35.5. The first-order chi connectivity index (χ1) is 8.27. The number of piperidine rings is 1. The van der Waals surface area contributed by atoms with Crippen molar-refractivity contribution in [2.24, 2.45) is 7.05 Å². The van der Waals surface area contributed by atoms with E-state index in [-0.39, 0.29) is 0 Å². The topological polar surface area (TPSA) is 17.0 Å². The largest absolute Gasteiger partial charge is 0.349 e. The lowest BCUT2D eigenvalue weighted by atomic mass is 9.90. The van der Waals surface area contributed by atoms with E-state index in [2.05, 4.69) is 35.1 Å². The van der Waals surface area contributed by atoms with Crippen molar-refractivity contribution in [3.63, 3.8) is 0 Å². The summed E-state index contributed by atoms with van der Waals surface area (Å²) in [6.45, 7) is 2.24. The van der Waals surface area contributed by atoms with Crippen molar-refractivity contribution in [2.75, 3.05) is 13.1 Å². The lowest BCUT2D eigenvalue weighted by Gasteiger charge is -2.24. The highest BCUT2D eigenvalue weighted by Crippen LogP contribution is 2.33. The Morgan fingerprint density at radius 3 is 3.06 bits per heavy atom. The number of rotatable bonds is 1. The molecule has 1 saturated heterocycles. The predicted molar refractivity (Wildman–Crippen MR) is 72.8 cm³/mol. The van der Waals surface area contributed by atoms with Crippen LogP contribution in [0.25, 0.3) is 10.9 Å². The third-order valence-electron chi connectivity index (χ3n) is 3.72. The number of hydrogen-bond acceptors (Lipinski definition) is 1. The van der Waals surface area contributed by atoms with Gasteiger partial charge in [0.15, 0.2) is 0 Å². The van der Waals surface area contributed by atoms with Crippen LogP contribution < -0.4 is 5.32 Å². The van der Waals surface area contributed by atoms with Gasteiger partial charge in [-0.15, -0.1) is 0 Å². The monoisotopic (exact) mass is 248 g/mol. The third kappa shape index (κ3) is 1.85. The van der Waals surface area contributed by atoms with E-state index in [0.29, 0.717) is 5.92 Å². The van der Waals surface area contributed by atoms with E-state index < -0.39 is 0 Å². The molecule has 1 atom stereocenters. The Morgan fingerprint density at radius 2 is 2.29 bits per heavy atom. The van der Waals surface area contributed by atoms with Gasteiger partial charge in [0.1, 0.15) is 0 Å². The normalized spacial score (nSPS) is 20.9. The van der Waals surface area contributed by atoms with E-state index in [9.17, 15) is 0 Å². The van der Waals surface area contributed by atoms with Crippen LogP contribution in [-0.2, 0) is 7.05 Å². The number of nitrogens with zero attached hydrogens (tertiary/aromatic N) is 1. The second-order valence-electron chi connectivity index (χ2n) is 4.87. The standard InChI is InChI=1S/C14H17ClN2/c1-17-9-13(15)12-6-2-5-11(14(12)17)10-4-3-7-16-8-10/h2,5-6,9-10,16H,3-4,7-8H2,1H3. The van der Waals surface area contributed by atoms with Crippen LogP contribution in [0.15, 0.2) is 24.4 Å². The van der Waals surface area contributed by atoms with Gasteiger partial charge in [0.2, 0.25) is 0 Å². The number of hydrogen-bond donors (Lipinski definition) is 1. The lowest BCUT2D eigenvalue weighted by molar-refractivity contribution is 0.463. The molecular formula is C14H17ClN2. The first-order valence-corrected chi connectivity index (χ1v) is 6.59. The summed E-state index contributed by atoms with van der Waals surface area (Å²) in [4.78, 5) is 0. The number of nitrogens with one attached hydrogen (secondary N) is 1. The highest BCUT2D eigenvalue weighted by Gasteiger charge is 2.19. The molecule has 0 amide bonds. The van der Waals surface area contributed by atoms with E-state index in [1.807, 2.05) is 6.20 Å². The summed E-state index contributed by atoms with van der Waals surface area (Å²) < 4.78 is 2.15. The zero-order chi connectivity index (χ0) is 11.8. The van der Waals surface area contributed by atoms with Gasteiger partial charge >= 0.3 is 0 Å². The molecule has 2 heterocycles. The van der Waals surface area contributed by atoms with Crippen molar-refractivity contribution in [1.82, 2.24) is 9.88 Å². The summed E-state index contributed by atoms with van der Waals surface area (Å²) in [6.07, 6.45) is 4.54. The molecular weight excluding hydrogens is 232 g/mol. The summed E-state index contributed by atoms with van der Waals surface area (Å²) in [5.74, 6) is 0.622. The van der Waals surface area contributed by atoms with E-state index >= 15 is 0 Å². The fourth-order valence-electron chi connectivity index (χ4n) is 2.90. The molecule has 0 bridgehead atoms. The zero-order valence-corrected chi connectivity index (χ0v) is 10.8. The molecule has 1 fully saturated rings. The molecule has 2 nitrogen and oxygen atoms in total. The van der Waals surface area contributed by atoms with E-state index in [0.717, 1.165) is 18.1 Å². The quantitative estimate of drug-likeness (QED) is 0.820. The summed E-state index contributed by atoms with van der Waals surface area (Å²) in [5.41, 5.74) is 2.73. The van der Waals surface area contributed by atoms with Crippen molar-refractivity contribution < 1.29 is 0 Å². The molecule has 3 heteroatoms.